The number of nitrogens with two attached hydrogens (primary N) is 1. The molecule has 1 aliphatic carbocycles. The van der Waals surface area contributed by atoms with Crippen molar-refractivity contribution in [3.8, 4) is 0 Å². The Balaban J connectivity index is 2.24. The van der Waals surface area contributed by atoms with E-state index in [1.807, 2.05) is 6.26 Å². The van der Waals surface area contributed by atoms with E-state index in [0.717, 1.165) is 25.7 Å². The molecule has 1 fully saturated rings. The van der Waals surface area contributed by atoms with E-state index in [0.29, 0.717) is 10.9 Å². The average Bonchev–Trinajstić information content (AvgIpc) is 2.41. The van der Waals surface area contributed by atoms with Crippen LogP contribution in [0.4, 0.5) is 5.69 Å². The maximum Gasteiger partial charge on any atom is 0.242 e. The number of hydrogen-bond acceptors (Lipinski definition) is 4. The highest BCUT2D eigenvalue weighted by Crippen LogP contribution is 2.30. The number of nitrogen functional groups attached to an aromatic ring is 1. The third kappa shape index (κ3) is 3.61. The molecule has 1 aromatic carbocycles. The second-order valence-corrected chi connectivity index (χ2v) is 8.14. The first kappa shape index (κ1) is 15.9. The molecule has 1 saturated carbocycles. The summed E-state index contributed by atoms with van der Waals surface area (Å²) in [6.45, 7) is 0. The molecule has 20 heavy (non-hydrogen) atoms. The predicted molar refractivity (Wildman–Crippen MR) is 85.7 cm³/mol. The van der Waals surface area contributed by atoms with Gasteiger partial charge in [-0.2, -0.15) is 11.8 Å². The third-order valence-corrected chi connectivity index (χ3v) is 6.70. The highest BCUT2D eigenvalue weighted by atomic mass is 35.5. The summed E-state index contributed by atoms with van der Waals surface area (Å²) in [7, 11) is -3.63. The van der Waals surface area contributed by atoms with Crippen LogP contribution in [0.2, 0.25) is 5.02 Å². The maximum atomic E-state index is 12.5. The average molecular weight is 335 g/mol. The minimum Gasteiger partial charge on any atom is -0.399 e. The molecule has 0 heterocycles. The van der Waals surface area contributed by atoms with Gasteiger partial charge in [0.15, 0.2) is 0 Å². The van der Waals surface area contributed by atoms with Crippen LogP contribution in [0.5, 0.6) is 0 Å². The maximum absolute atomic E-state index is 12.5. The molecule has 0 aliphatic heterocycles. The van der Waals surface area contributed by atoms with E-state index in [4.69, 9.17) is 17.3 Å². The van der Waals surface area contributed by atoms with E-state index in [9.17, 15) is 8.42 Å². The lowest BCUT2D eigenvalue weighted by molar-refractivity contribution is 0.423. The van der Waals surface area contributed by atoms with Gasteiger partial charge in [-0.1, -0.05) is 24.4 Å². The molecule has 112 valence electrons. The molecule has 1 aliphatic rings. The fourth-order valence-corrected chi connectivity index (χ4v) is 5.37. The fourth-order valence-electron chi connectivity index (χ4n) is 2.50. The van der Waals surface area contributed by atoms with Gasteiger partial charge in [-0.05, 0) is 37.3 Å². The van der Waals surface area contributed by atoms with Crippen LogP contribution in [-0.4, -0.2) is 26.0 Å². The Kier molecular flexibility index (Phi) is 5.23. The summed E-state index contributed by atoms with van der Waals surface area (Å²) in [6, 6.07) is 4.47. The molecule has 1 aromatic rings. The second kappa shape index (κ2) is 6.56. The largest absolute Gasteiger partial charge is 0.399 e. The van der Waals surface area contributed by atoms with Gasteiger partial charge in [0.1, 0.15) is 4.90 Å². The van der Waals surface area contributed by atoms with E-state index < -0.39 is 10.0 Å². The van der Waals surface area contributed by atoms with Gasteiger partial charge in [0, 0.05) is 17.0 Å². The normalized spacial score (nSPS) is 23.7. The lowest BCUT2D eigenvalue weighted by Gasteiger charge is -2.30. The first-order chi connectivity index (χ1) is 9.44. The zero-order valence-corrected chi connectivity index (χ0v) is 13.7. The monoisotopic (exact) mass is 334 g/mol. The van der Waals surface area contributed by atoms with Crippen molar-refractivity contribution in [1.82, 2.24) is 4.72 Å². The van der Waals surface area contributed by atoms with Crippen molar-refractivity contribution in [2.45, 2.75) is 41.9 Å². The summed E-state index contributed by atoms with van der Waals surface area (Å²) in [5.74, 6) is 0. The van der Waals surface area contributed by atoms with Crippen LogP contribution in [0, 0.1) is 0 Å². The molecule has 3 N–H and O–H groups in total. The number of hydrogen-bond donors (Lipinski definition) is 2. The molecule has 2 unspecified atom stereocenters. The quantitative estimate of drug-likeness (QED) is 0.830. The Morgan fingerprint density at radius 2 is 2.05 bits per heavy atom. The smallest absolute Gasteiger partial charge is 0.242 e. The highest BCUT2D eigenvalue weighted by Gasteiger charge is 2.29. The molecular weight excluding hydrogens is 316 g/mol. The summed E-state index contributed by atoms with van der Waals surface area (Å²) in [5.41, 5.74) is 6.04. The molecule has 2 atom stereocenters. The van der Waals surface area contributed by atoms with Gasteiger partial charge >= 0.3 is 0 Å². The summed E-state index contributed by atoms with van der Waals surface area (Å²) in [6.07, 6.45) is 6.13. The van der Waals surface area contributed by atoms with Crippen molar-refractivity contribution in [2.75, 3.05) is 12.0 Å². The molecule has 0 bridgehead atoms. The van der Waals surface area contributed by atoms with Crippen molar-refractivity contribution >= 4 is 39.1 Å². The van der Waals surface area contributed by atoms with Crippen LogP contribution in [0.25, 0.3) is 0 Å². The van der Waals surface area contributed by atoms with Crippen LogP contribution in [0.1, 0.15) is 25.7 Å². The number of sulfonamides is 1. The Labute approximate surface area is 129 Å². The van der Waals surface area contributed by atoms with Crippen LogP contribution in [0.3, 0.4) is 0 Å². The molecule has 4 nitrogen and oxygen atoms in total. The highest BCUT2D eigenvalue weighted by molar-refractivity contribution is 7.99. The lowest BCUT2D eigenvalue weighted by atomic mass is 9.96. The van der Waals surface area contributed by atoms with Gasteiger partial charge in [0.25, 0.3) is 0 Å². The number of thioether (sulfide) groups is 1. The molecule has 0 spiro atoms. The van der Waals surface area contributed by atoms with Crippen LogP contribution >= 0.6 is 23.4 Å². The summed E-state index contributed by atoms with van der Waals surface area (Å²) in [5, 5.41) is 0.515. The third-order valence-electron chi connectivity index (χ3n) is 3.56. The summed E-state index contributed by atoms with van der Waals surface area (Å²) >= 11 is 7.70. The Hall–Kier alpha value is -0.430. The molecular formula is C13H19ClN2O2S2. The Bertz CT molecular complexity index is 578. The van der Waals surface area contributed by atoms with Crippen LogP contribution < -0.4 is 10.5 Å². The molecule has 0 saturated heterocycles. The summed E-state index contributed by atoms with van der Waals surface area (Å²) < 4.78 is 27.7. The molecule has 0 aromatic heterocycles. The van der Waals surface area contributed by atoms with Crippen molar-refractivity contribution in [3.63, 3.8) is 0 Å². The van der Waals surface area contributed by atoms with E-state index in [-0.39, 0.29) is 16.0 Å². The minimum absolute atomic E-state index is 0.0405. The van der Waals surface area contributed by atoms with Gasteiger partial charge in [-0.15, -0.1) is 0 Å². The lowest BCUT2D eigenvalue weighted by Crippen LogP contribution is -2.43. The van der Waals surface area contributed by atoms with E-state index in [2.05, 4.69) is 4.72 Å². The van der Waals surface area contributed by atoms with Crippen LogP contribution in [-0.2, 0) is 10.0 Å². The fraction of sp³-hybridized carbons (Fsp3) is 0.538. The number of anilines is 1. The van der Waals surface area contributed by atoms with Crippen LogP contribution in [0.15, 0.2) is 23.1 Å². The standard InChI is InChI=1S/C13H19ClN2O2S2/c1-19-12-5-3-2-4-11(12)16-20(17,18)13-8-9(15)6-7-10(13)14/h6-8,11-12,16H,2-5,15H2,1H3. The molecule has 0 radical (unpaired) electrons. The SMILES string of the molecule is CSC1CCCCC1NS(=O)(=O)c1cc(N)ccc1Cl. The van der Waals surface area contributed by atoms with Gasteiger partial charge in [0.05, 0.1) is 5.02 Å². The number of benzene rings is 1. The Morgan fingerprint density at radius 1 is 1.35 bits per heavy atom. The van der Waals surface area contributed by atoms with Crippen molar-refractivity contribution < 1.29 is 8.42 Å². The van der Waals surface area contributed by atoms with Crippen molar-refractivity contribution in [3.05, 3.63) is 23.2 Å². The molecule has 0 amide bonds. The van der Waals surface area contributed by atoms with Crippen molar-refractivity contribution in [2.24, 2.45) is 0 Å². The molecule has 2 rings (SSSR count). The second-order valence-electron chi connectivity index (χ2n) is 4.98. The zero-order valence-electron chi connectivity index (χ0n) is 11.3. The number of rotatable bonds is 4. The molecule has 7 heteroatoms. The van der Waals surface area contributed by atoms with Gasteiger partial charge in [-0.3, -0.25) is 0 Å². The van der Waals surface area contributed by atoms with Crippen molar-refractivity contribution in [1.29, 1.82) is 0 Å². The zero-order chi connectivity index (χ0) is 14.8. The predicted octanol–water partition coefficient (Wildman–Crippen LogP) is 2.87. The first-order valence-corrected chi connectivity index (χ1v) is 9.69. The minimum atomic E-state index is -3.63. The van der Waals surface area contributed by atoms with Gasteiger partial charge in [0.2, 0.25) is 10.0 Å². The van der Waals surface area contributed by atoms with Gasteiger partial charge in [-0.25, -0.2) is 13.1 Å². The van der Waals surface area contributed by atoms with E-state index >= 15 is 0 Å². The number of nitrogens with one attached hydrogen (secondary N) is 1. The summed E-state index contributed by atoms with van der Waals surface area (Å²) in [4.78, 5) is 0.0598. The number of halogens is 1. The topological polar surface area (TPSA) is 72.2 Å². The van der Waals surface area contributed by atoms with Gasteiger partial charge < -0.3 is 5.73 Å². The first-order valence-electron chi connectivity index (χ1n) is 6.54. The van der Waals surface area contributed by atoms with E-state index in [1.165, 1.54) is 12.1 Å². The van der Waals surface area contributed by atoms with E-state index in [1.54, 1.807) is 17.8 Å². The Morgan fingerprint density at radius 3 is 2.75 bits per heavy atom.